The van der Waals surface area contributed by atoms with Crippen molar-refractivity contribution in [2.24, 2.45) is 5.92 Å². The summed E-state index contributed by atoms with van der Waals surface area (Å²) in [5.41, 5.74) is 1.32. The second-order valence-corrected chi connectivity index (χ2v) is 7.49. The van der Waals surface area contributed by atoms with Crippen LogP contribution in [0.4, 0.5) is 10.1 Å². The molecule has 0 aliphatic rings. The molecule has 0 saturated carbocycles. The lowest BCUT2D eigenvalue weighted by Gasteiger charge is -2.22. The van der Waals surface area contributed by atoms with Crippen molar-refractivity contribution in [2.45, 2.75) is 19.8 Å². The molecular formula is C26H24FNO3. The highest BCUT2D eigenvalue weighted by atomic mass is 19.1. The van der Waals surface area contributed by atoms with Gasteiger partial charge in [-0.25, -0.2) is 4.39 Å². The van der Waals surface area contributed by atoms with E-state index in [1.165, 1.54) is 24.3 Å². The van der Waals surface area contributed by atoms with Gasteiger partial charge in [0.2, 0.25) is 0 Å². The maximum absolute atomic E-state index is 13.5. The molecule has 3 aromatic rings. The quantitative estimate of drug-likeness (QED) is 0.286. The standard InChI is InChI=1S/C26H24FNO3/c1-17(2)24(29)23(26(31)28-21-11-7-4-8-12-21)22(18-9-5-3-6-10-18)25(30)19-13-15-20(27)16-14-19/h3-17,22,29H,1-2H3,(H,28,31)/b24-23-. The molecular weight excluding hydrogens is 393 g/mol. The summed E-state index contributed by atoms with van der Waals surface area (Å²) in [6.45, 7) is 3.49. The van der Waals surface area contributed by atoms with Gasteiger partial charge in [-0.1, -0.05) is 62.4 Å². The first-order valence-corrected chi connectivity index (χ1v) is 10.0. The van der Waals surface area contributed by atoms with Crippen molar-refractivity contribution < 1.29 is 19.1 Å². The van der Waals surface area contributed by atoms with Gasteiger partial charge in [0, 0.05) is 17.2 Å². The van der Waals surface area contributed by atoms with Gasteiger partial charge in [-0.2, -0.15) is 0 Å². The summed E-state index contributed by atoms with van der Waals surface area (Å²) in [7, 11) is 0. The number of carbonyl (C=O) groups is 2. The van der Waals surface area contributed by atoms with E-state index in [0.717, 1.165) is 0 Å². The molecule has 3 rings (SSSR count). The Kier molecular flexibility index (Phi) is 6.98. The van der Waals surface area contributed by atoms with E-state index >= 15 is 0 Å². The van der Waals surface area contributed by atoms with E-state index in [2.05, 4.69) is 5.32 Å². The van der Waals surface area contributed by atoms with Gasteiger partial charge in [-0.05, 0) is 42.0 Å². The third kappa shape index (κ3) is 5.25. The van der Waals surface area contributed by atoms with E-state index in [1.807, 2.05) is 6.07 Å². The molecule has 3 aromatic carbocycles. The van der Waals surface area contributed by atoms with Crippen LogP contribution in [0.1, 0.15) is 35.7 Å². The SMILES string of the molecule is CC(C)/C(O)=C(/C(=O)Nc1ccccc1)C(C(=O)c1ccc(F)cc1)c1ccccc1. The van der Waals surface area contributed by atoms with E-state index < -0.39 is 23.4 Å². The van der Waals surface area contributed by atoms with E-state index in [4.69, 9.17) is 0 Å². The zero-order valence-corrected chi connectivity index (χ0v) is 17.4. The van der Waals surface area contributed by atoms with Crippen LogP contribution in [-0.4, -0.2) is 16.8 Å². The van der Waals surface area contributed by atoms with Crippen molar-refractivity contribution in [3.05, 3.63) is 113 Å². The first-order chi connectivity index (χ1) is 14.9. The third-order valence-corrected chi connectivity index (χ3v) is 4.91. The summed E-state index contributed by atoms with van der Waals surface area (Å²) in [5.74, 6) is -3.05. The van der Waals surface area contributed by atoms with Crippen molar-refractivity contribution in [1.82, 2.24) is 0 Å². The predicted octanol–water partition coefficient (Wildman–Crippen LogP) is 5.90. The van der Waals surface area contributed by atoms with Crippen LogP contribution < -0.4 is 5.32 Å². The number of aliphatic hydroxyl groups excluding tert-OH is 1. The van der Waals surface area contributed by atoms with Gasteiger partial charge in [-0.3, -0.25) is 9.59 Å². The molecule has 0 spiro atoms. The third-order valence-electron chi connectivity index (χ3n) is 4.91. The number of aliphatic hydroxyl groups is 1. The fraction of sp³-hybridized carbons (Fsp3) is 0.154. The Morgan fingerprint density at radius 3 is 1.94 bits per heavy atom. The molecule has 0 aromatic heterocycles. The van der Waals surface area contributed by atoms with Crippen molar-refractivity contribution in [1.29, 1.82) is 0 Å². The molecule has 31 heavy (non-hydrogen) atoms. The minimum Gasteiger partial charge on any atom is -0.512 e. The highest BCUT2D eigenvalue weighted by Gasteiger charge is 2.34. The highest BCUT2D eigenvalue weighted by molar-refractivity contribution is 6.13. The van der Waals surface area contributed by atoms with E-state index in [-0.39, 0.29) is 22.8 Å². The van der Waals surface area contributed by atoms with Crippen LogP contribution in [0.15, 0.2) is 96.3 Å². The monoisotopic (exact) mass is 417 g/mol. The highest BCUT2D eigenvalue weighted by Crippen LogP contribution is 2.33. The number of Topliss-reactive ketones (excluding diaryl/α,β-unsaturated/α-hetero) is 1. The number of nitrogens with one attached hydrogen (secondary N) is 1. The number of halogens is 1. The Balaban J connectivity index is 2.13. The van der Waals surface area contributed by atoms with Crippen molar-refractivity contribution in [3.8, 4) is 0 Å². The lowest BCUT2D eigenvalue weighted by molar-refractivity contribution is -0.113. The summed E-state index contributed by atoms with van der Waals surface area (Å²) in [4.78, 5) is 26.9. The zero-order valence-electron chi connectivity index (χ0n) is 17.4. The lowest BCUT2D eigenvalue weighted by atomic mass is 9.82. The van der Waals surface area contributed by atoms with Crippen molar-refractivity contribution in [3.63, 3.8) is 0 Å². The van der Waals surface area contributed by atoms with Gasteiger partial charge < -0.3 is 10.4 Å². The summed E-state index contributed by atoms with van der Waals surface area (Å²) in [6, 6.07) is 22.8. The van der Waals surface area contributed by atoms with Crippen LogP contribution in [0.5, 0.6) is 0 Å². The molecule has 0 aliphatic heterocycles. The topological polar surface area (TPSA) is 66.4 Å². The van der Waals surface area contributed by atoms with E-state index in [9.17, 15) is 19.1 Å². The molecule has 0 saturated heterocycles. The molecule has 1 amide bonds. The number of benzene rings is 3. The number of para-hydroxylation sites is 1. The number of amides is 1. The van der Waals surface area contributed by atoms with Crippen LogP contribution in [0.25, 0.3) is 0 Å². The smallest absolute Gasteiger partial charge is 0.256 e. The van der Waals surface area contributed by atoms with Crippen LogP contribution in [0, 0.1) is 11.7 Å². The fourth-order valence-electron chi connectivity index (χ4n) is 3.30. The van der Waals surface area contributed by atoms with Crippen LogP contribution >= 0.6 is 0 Å². The average Bonchev–Trinajstić information content (AvgIpc) is 2.78. The van der Waals surface area contributed by atoms with Crippen molar-refractivity contribution >= 4 is 17.4 Å². The Bertz CT molecular complexity index is 1070. The lowest BCUT2D eigenvalue weighted by Crippen LogP contribution is -2.27. The van der Waals surface area contributed by atoms with Gasteiger partial charge in [0.15, 0.2) is 5.78 Å². The van der Waals surface area contributed by atoms with Gasteiger partial charge in [-0.15, -0.1) is 0 Å². The summed E-state index contributed by atoms with van der Waals surface area (Å²) < 4.78 is 13.4. The number of hydrogen-bond donors (Lipinski definition) is 2. The number of anilines is 1. The molecule has 0 fully saturated rings. The number of allylic oxidation sites excluding steroid dienone is 1. The van der Waals surface area contributed by atoms with E-state index in [0.29, 0.717) is 11.3 Å². The van der Waals surface area contributed by atoms with Crippen LogP contribution in [-0.2, 0) is 4.79 Å². The molecule has 0 radical (unpaired) electrons. The minimum absolute atomic E-state index is 0.0284. The second kappa shape index (κ2) is 9.85. The number of ketones is 1. The minimum atomic E-state index is -1.06. The second-order valence-electron chi connectivity index (χ2n) is 7.49. The number of rotatable bonds is 7. The van der Waals surface area contributed by atoms with Crippen molar-refractivity contribution in [2.75, 3.05) is 5.32 Å². The maximum Gasteiger partial charge on any atom is 0.256 e. The van der Waals surface area contributed by atoms with Gasteiger partial charge in [0.05, 0.1) is 11.5 Å². The normalized spacial score (nSPS) is 12.8. The molecule has 5 heteroatoms. The summed E-state index contributed by atoms with van der Waals surface area (Å²) in [6.07, 6.45) is 0. The average molecular weight is 417 g/mol. The Hall–Kier alpha value is -3.73. The number of hydrogen-bond acceptors (Lipinski definition) is 3. The molecule has 0 aliphatic carbocycles. The van der Waals surface area contributed by atoms with Crippen LogP contribution in [0.3, 0.4) is 0 Å². The summed E-state index contributed by atoms with van der Waals surface area (Å²) >= 11 is 0. The molecule has 1 unspecified atom stereocenters. The van der Waals surface area contributed by atoms with Gasteiger partial charge in [0.1, 0.15) is 11.6 Å². The van der Waals surface area contributed by atoms with E-state index in [1.54, 1.807) is 68.4 Å². The molecule has 1 atom stereocenters. The predicted molar refractivity (Wildman–Crippen MR) is 119 cm³/mol. The molecule has 2 N–H and O–H groups in total. The first-order valence-electron chi connectivity index (χ1n) is 10.0. The molecule has 4 nitrogen and oxygen atoms in total. The maximum atomic E-state index is 13.5. The number of carbonyl (C=O) groups excluding carboxylic acids is 2. The first kappa shape index (κ1) is 22.0. The Morgan fingerprint density at radius 2 is 1.39 bits per heavy atom. The van der Waals surface area contributed by atoms with Gasteiger partial charge >= 0.3 is 0 Å². The molecule has 158 valence electrons. The molecule has 0 bridgehead atoms. The molecule has 0 heterocycles. The Labute approximate surface area is 181 Å². The fourth-order valence-corrected chi connectivity index (χ4v) is 3.30. The summed E-state index contributed by atoms with van der Waals surface area (Å²) in [5, 5.41) is 13.7. The van der Waals surface area contributed by atoms with Crippen LogP contribution in [0.2, 0.25) is 0 Å². The largest absolute Gasteiger partial charge is 0.512 e. The zero-order chi connectivity index (χ0) is 22.4. The van der Waals surface area contributed by atoms with Gasteiger partial charge in [0.25, 0.3) is 5.91 Å². The Morgan fingerprint density at radius 1 is 0.839 bits per heavy atom.